The molecule has 2 rings (SSSR count). The van der Waals surface area contributed by atoms with Crippen molar-refractivity contribution < 1.29 is 0 Å². The zero-order chi connectivity index (χ0) is 9.10. The molecule has 0 spiro atoms. The lowest BCUT2D eigenvalue weighted by Gasteiger charge is -1.96. The number of anilines is 2. The van der Waals surface area contributed by atoms with E-state index in [2.05, 4.69) is 15.3 Å². The molecule has 2 aromatic heterocycles. The molecule has 2 aromatic rings. The fourth-order valence-electron chi connectivity index (χ4n) is 0.983. The maximum absolute atomic E-state index is 5.47. The monoisotopic (exact) mass is 194 g/mol. The van der Waals surface area contributed by atoms with E-state index in [1.54, 1.807) is 17.5 Å². The largest absolute Gasteiger partial charge is 0.348 e. The quantitative estimate of drug-likeness (QED) is 0.696. The number of rotatable bonds is 3. The molecular weight excluding hydrogens is 184 g/mol. The zero-order valence-corrected chi connectivity index (χ0v) is 7.77. The molecule has 0 aromatic carbocycles. The van der Waals surface area contributed by atoms with E-state index >= 15 is 0 Å². The van der Waals surface area contributed by atoms with Crippen LogP contribution >= 0.6 is 11.3 Å². The first-order valence-electron chi connectivity index (χ1n) is 3.93. The first-order chi connectivity index (χ1) is 6.38. The Hall–Kier alpha value is -1.33. The van der Waals surface area contributed by atoms with Crippen LogP contribution in [0.4, 0.5) is 10.9 Å². The van der Waals surface area contributed by atoms with Gasteiger partial charge in [0.15, 0.2) is 5.13 Å². The predicted octanol–water partition coefficient (Wildman–Crippen LogP) is 1.67. The molecule has 5 heteroatoms. The Morgan fingerprint density at radius 3 is 3.15 bits per heavy atom. The summed E-state index contributed by atoms with van der Waals surface area (Å²) < 4.78 is 0. The second-order valence-corrected chi connectivity index (χ2v) is 3.66. The summed E-state index contributed by atoms with van der Waals surface area (Å²) in [5, 5.41) is 4.00. The highest BCUT2D eigenvalue weighted by Gasteiger charge is 2.00. The third-order valence-corrected chi connectivity index (χ3v) is 2.53. The molecule has 13 heavy (non-hydrogen) atoms. The fraction of sp³-hybridized carbons (Fsp3) is 0.125. The summed E-state index contributed by atoms with van der Waals surface area (Å²) in [5.74, 6) is 0.943. The minimum Gasteiger partial charge on any atom is -0.348 e. The Balaban J connectivity index is 2.10. The summed E-state index contributed by atoms with van der Waals surface area (Å²) >= 11 is 1.56. The Labute approximate surface area is 79.8 Å². The number of nitrogens with one attached hydrogen (secondary N) is 2. The Morgan fingerprint density at radius 1 is 1.62 bits per heavy atom. The van der Waals surface area contributed by atoms with Gasteiger partial charge in [0, 0.05) is 23.8 Å². The Bertz CT molecular complexity index is 365. The topological polar surface area (TPSA) is 66.7 Å². The molecule has 0 atom stereocenters. The average Bonchev–Trinajstić information content (AvgIpc) is 2.76. The number of aromatic nitrogens is 2. The number of nitrogens with zero attached hydrogens (tertiary/aromatic N) is 1. The molecule has 0 fully saturated rings. The van der Waals surface area contributed by atoms with Crippen molar-refractivity contribution in [2.24, 2.45) is 5.73 Å². The van der Waals surface area contributed by atoms with Gasteiger partial charge in [-0.15, -0.1) is 11.3 Å². The van der Waals surface area contributed by atoms with E-state index in [9.17, 15) is 0 Å². The van der Waals surface area contributed by atoms with Gasteiger partial charge < -0.3 is 16.0 Å². The molecule has 2 heterocycles. The summed E-state index contributed by atoms with van der Waals surface area (Å²) in [5.41, 5.74) is 5.47. The summed E-state index contributed by atoms with van der Waals surface area (Å²) in [4.78, 5) is 8.28. The van der Waals surface area contributed by atoms with Crippen LogP contribution < -0.4 is 11.1 Å². The molecule has 0 amide bonds. The van der Waals surface area contributed by atoms with Crippen LogP contribution in [0.3, 0.4) is 0 Å². The van der Waals surface area contributed by atoms with Gasteiger partial charge in [0.05, 0.1) is 0 Å². The van der Waals surface area contributed by atoms with E-state index in [4.69, 9.17) is 5.73 Å². The van der Waals surface area contributed by atoms with E-state index in [-0.39, 0.29) is 0 Å². The molecule has 0 unspecified atom stereocenters. The van der Waals surface area contributed by atoms with E-state index in [1.807, 2.05) is 18.3 Å². The van der Waals surface area contributed by atoms with Crippen LogP contribution in [-0.4, -0.2) is 9.97 Å². The van der Waals surface area contributed by atoms with Gasteiger partial charge in [0.1, 0.15) is 5.82 Å². The smallest absolute Gasteiger partial charge is 0.188 e. The standard InChI is InChI=1S/C8H10N4S/c9-4-6-5-11-8(13-6)12-7-2-1-3-10-7/h1-3,5,10H,4,9H2,(H,11,12). The Kier molecular flexibility index (Phi) is 2.29. The molecule has 4 nitrogen and oxygen atoms in total. The molecule has 0 aliphatic carbocycles. The minimum atomic E-state index is 0.546. The fourth-order valence-corrected chi connectivity index (χ4v) is 1.69. The second-order valence-electron chi connectivity index (χ2n) is 2.54. The van der Waals surface area contributed by atoms with Gasteiger partial charge in [-0.1, -0.05) is 0 Å². The molecule has 4 N–H and O–H groups in total. The third kappa shape index (κ3) is 1.88. The van der Waals surface area contributed by atoms with Crippen molar-refractivity contribution in [3.8, 4) is 0 Å². The van der Waals surface area contributed by atoms with Crippen molar-refractivity contribution in [2.75, 3.05) is 5.32 Å². The van der Waals surface area contributed by atoms with Gasteiger partial charge in [-0.2, -0.15) is 0 Å². The molecule has 0 bridgehead atoms. The van der Waals surface area contributed by atoms with Gasteiger partial charge in [0.2, 0.25) is 0 Å². The number of nitrogens with two attached hydrogens (primary N) is 1. The maximum atomic E-state index is 5.47. The Morgan fingerprint density at radius 2 is 2.54 bits per heavy atom. The first-order valence-corrected chi connectivity index (χ1v) is 4.75. The summed E-state index contributed by atoms with van der Waals surface area (Å²) in [6.45, 7) is 0.546. The SMILES string of the molecule is NCc1cnc(Nc2ccc[nH]2)s1. The second kappa shape index (κ2) is 3.59. The highest BCUT2D eigenvalue weighted by atomic mass is 32.1. The zero-order valence-electron chi connectivity index (χ0n) is 6.95. The van der Waals surface area contributed by atoms with Crippen LogP contribution in [0.1, 0.15) is 4.88 Å². The van der Waals surface area contributed by atoms with Crippen LogP contribution in [0.25, 0.3) is 0 Å². The summed E-state index contributed by atoms with van der Waals surface area (Å²) in [6, 6.07) is 3.88. The predicted molar refractivity (Wildman–Crippen MR) is 54.1 cm³/mol. The molecule has 0 aliphatic rings. The summed E-state index contributed by atoms with van der Waals surface area (Å²) in [7, 11) is 0. The number of thiazole rings is 1. The minimum absolute atomic E-state index is 0.546. The van der Waals surface area contributed by atoms with E-state index in [1.165, 1.54) is 0 Å². The van der Waals surface area contributed by atoms with Crippen molar-refractivity contribution >= 4 is 22.3 Å². The molecule has 0 aliphatic heterocycles. The third-order valence-electron chi connectivity index (χ3n) is 1.59. The van der Waals surface area contributed by atoms with Gasteiger partial charge in [0.25, 0.3) is 0 Å². The highest BCUT2D eigenvalue weighted by molar-refractivity contribution is 7.15. The van der Waals surface area contributed by atoms with Gasteiger partial charge in [-0.3, -0.25) is 0 Å². The molecule has 68 valence electrons. The van der Waals surface area contributed by atoms with Crippen LogP contribution in [-0.2, 0) is 6.54 Å². The molecule has 0 saturated carbocycles. The average molecular weight is 194 g/mol. The van der Waals surface area contributed by atoms with Gasteiger partial charge in [-0.25, -0.2) is 4.98 Å². The van der Waals surface area contributed by atoms with E-state index < -0.39 is 0 Å². The van der Waals surface area contributed by atoms with Crippen molar-refractivity contribution in [2.45, 2.75) is 6.54 Å². The first kappa shape index (κ1) is 8.28. The van der Waals surface area contributed by atoms with Crippen molar-refractivity contribution in [1.82, 2.24) is 9.97 Å². The van der Waals surface area contributed by atoms with E-state index in [0.717, 1.165) is 15.8 Å². The van der Waals surface area contributed by atoms with Gasteiger partial charge in [-0.05, 0) is 12.1 Å². The number of hydrogen-bond acceptors (Lipinski definition) is 4. The van der Waals surface area contributed by atoms with E-state index in [0.29, 0.717) is 6.54 Å². The molecule has 0 radical (unpaired) electrons. The lowest BCUT2D eigenvalue weighted by molar-refractivity contribution is 1.10. The number of hydrogen-bond donors (Lipinski definition) is 3. The molecular formula is C8H10N4S. The van der Waals surface area contributed by atoms with Crippen molar-refractivity contribution in [1.29, 1.82) is 0 Å². The van der Waals surface area contributed by atoms with Crippen LogP contribution in [0.15, 0.2) is 24.5 Å². The maximum Gasteiger partial charge on any atom is 0.188 e. The highest BCUT2D eigenvalue weighted by Crippen LogP contribution is 2.20. The van der Waals surface area contributed by atoms with Gasteiger partial charge >= 0.3 is 0 Å². The van der Waals surface area contributed by atoms with Crippen LogP contribution in [0.2, 0.25) is 0 Å². The number of aromatic amines is 1. The normalized spacial score (nSPS) is 10.2. The molecule has 0 saturated heterocycles. The summed E-state index contributed by atoms with van der Waals surface area (Å²) in [6.07, 6.45) is 3.65. The lowest BCUT2D eigenvalue weighted by Crippen LogP contribution is -1.91. The van der Waals surface area contributed by atoms with Crippen LogP contribution in [0, 0.1) is 0 Å². The van der Waals surface area contributed by atoms with Crippen molar-refractivity contribution in [3.63, 3.8) is 0 Å². The lowest BCUT2D eigenvalue weighted by atomic mass is 10.6. The number of H-pyrrole nitrogens is 1. The van der Waals surface area contributed by atoms with Crippen LogP contribution in [0.5, 0.6) is 0 Å². The van der Waals surface area contributed by atoms with Crippen molar-refractivity contribution in [3.05, 3.63) is 29.4 Å².